The lowest BCUT2D eigenvalue weighted by Gasteiger charge is -2.07. The molecule has 0 aliphatic heterocycles. The average Bonchev–Trinajstić information content (AvgIpc) is 2.45. The van der Waals surface area contributed by atoms with Crippen molar-refractivity contribution in [3.05, 3.63) is 24.5 Å². The Morgan fingerprint density at radius 1 is 1.46 bits per heavy atom. The van der Waals surface area contributed by atoms with Crippen LogP contribution in [0, 0.1) is 0 Å². The maximum Gasteiger partial charge on any atom is 0.111 e. The van der Waals surface area contributed by atoms with Crippen LogP contribution in [-0.4, -0.2) is 9.55 Å². The highest BCUT2D eigenvalue weighted by Crippen LogP contribution is 2.23. The van der Waals surface area contributed by atoms with Gasteiger partial charge in [0, 0.05) is 18.4 Å². The summed E-state index contributed by atoms with van der Waals surface area (Å²) >= 11 is 0. The van der Waals surface area contributed by atoms with E-state index >= 15 is 0 Å². The monoisotopic (exact) mass is 175 g/mol. The van der Waals surface area contributed by atoms with Crippen molar-refractivity contribution in [1.82, 2.24) is 9.55 Å². The Labute approximate surface area is 77.2 Å². The molecule has 2 aromatic rings. The molecule has 0 spiro atoms. The number of nitrogens with two attached hydrogens (primary N) is 1. The van der Waals surface area contributed by atoms with Crippen LogP contribution < -0.4 is 5.73 Å². The zero-order valence-electron chi connectivity index (χ0n) is 7.86. The number of fused-ring (bicyclic) bond motifs is 1. The molecule has 2 heterocycles. The van der Waals surface area contributed by atoms with Gasteiger partial charge in [0.25, 0.3) is 0 Å². The second-order valence-electron chi connectivity index (χ2n) is 3.46. The molecule has 0 fully saturated rings. The first-order chi connectivity index (χ1) is 6.20. The minimum atomic E-state index is 0.420. The number of hydrogen-bond donors (Lipinski definition) is 1. The summed E-state index contributed by atoms with van der Waals surface area (Å²) in [5.41, 5.74) is 8.59. The van der Waals surface area contributed by atoms with Crippen LogP contribution in [0.4, 0.5) is 5.69 Å². The third kappa shape index (κ3) is 1.16. The van der Waals surface area contributed by atoms with Gasteiger partial charge in [0.15, 0.2) is 0 Å². The van der Waals surface area contributed by atoms with E-state index in [4.69, 9.17) is 5.73 Å². The zero-order chi connectivity index (χ0) is 9.42. The fourth-order valence-corrected chi connectivity index (χ4v) is 1.54. The molecule has 0 bridgehead atoms. The van der Waals surface area contributed by atoms with Crippen molar-refractivity contribution >= 4 is 16.7 Å². The third-order valence-corrected chi connectivity index (χ3v) is 2.17. The highest BCUT2D eigenvalue weighted by molar-refractivity contribution is 5.87. The SMILES string of the molecule is CC(C)n1cc(N)c2ncccc21. The van der Waals surface area contributed by atoms with E-state index in [-0.39, 0.29) is 0 Å². The molecule has 0 aliphatic rings. The molecule has 3 nitrogen and oxygen atoms in total. The van der Waals surface area contributed by atoms with E-state index in [0.29, 0.717) is 6.04 Å². The van der Waals surface area contributed by atoms with Crippen LogP contribution in [0.3, 0.4) is 0 Å². The lowest BCUT2D eigenvalue weighted by atomic mass is 10.3. The van der Waals surface area contributed by atoms with Crippen LogP contribution in [0.2, 0.25) is 0 Å². The van der Waals surface area contributed by atoms with Crippen LogP contribution in [0.25, 0.3) is 11.0 Å². The molecule has 0 radical (unpaired) electrons. The average molecular weight is 175 g/mol. The van der Waals surface area contributed by atoms with E-state index in [0.717, 1.165) is 16.7 Å². The van der Waals surface area contributed by atoms with Gasteiger partial charge in [-0.3, -0.25) is 4.98 Å². The molecule has 2 aromatic heterocycles. The lowest BCUT2D eigenvalue weighted by Crippen LogP contribution is -1.97. The minimum absolute atomic E-state index is 0.420. The fraction of sp³-hybridized carbons (Fsp3) is 0.300. The van der Waals surface area contributed by atoms with E-state index in [1.54, 1.807) is 6.20 Å². The number of nitrogen functional groups attached to an aromatic ring is 1. The second-order valence-corrected chi connectivity index (χ2v) is 3.46. The standard InChI is InChI=1S/C10H13N3/c1-7(2)13-6-8(11)10-9(13)4-3-5-12-10/h3-7H,11H2,1-2H3. The van der Waals surface area contributed by atoms with Crippen molar-refractivity contribution in [2.75, 3.05) is 5.73 Å². The van der Waals surface area contributed by atoms with Gasteiger partial charge >= 0.3 is 0 Å². The Balaban J connectivity index is 2.78. The van der Waals surface area contributed by atoms with Crippen LogP contribution in [0.1, 0.15) is 19.9 Å². The second kappa shape index (κ2) is 2.76. The first-order valence-electron chi connectivity index (χ1n) is 4.41. The van der Waals surface area contributed by atoms with Crippen LogP contribution in [0.15, 0.2) is 24.5 Å². The number of anilines is 1. The molecule has 3 heteroatoms. The van der Waals surface area contributed by atoms with Crippen LogP contribution >= 0.6 is 0 Å². The molecule has 0 saturated carbocycles. The smallest absolute Gasteiger partial charge is 0.111 e. The first kappa shape index (κ1) is 8.10. The Morgan fingerprint density at radius 3 is 2.92 bits per heavy atom. The maximum absolute atomic E-state index is 5.83. The van der Waals surface area contributed by atoms with Crippen molar-refractivity contribution in [3.63, 3.8) is 0 Å². The van der Waals surface area contributed by atoms with Crippen LogP contribution in [-0.2, 0) is 0 Å². The fourth-order valence-electron chi connectivity index (χ4n) is 1.54. The number of pyridine rings is 1. The van der Waals surface area contributed by atoms with Gasteiger partial charge in [-0.2, -0.15) is 0 Å². The summed E-state index contributed by atoms with van der Waals surface area (Å²) in [5.74, 6) is 0. The van der Waals surface area contributed by atoms with Gasteiger partial charge in [0.2, 0.25) is 0 Å². The Morgan fingerprint density at radius 2 is 2.23 bits per heavy atom. The van der Waals surface area contributed by atoms with Gasteiger partial charge in [-0.25, -0.2) is 0 Å². The minimum Gasteiger partial charge on any atom is -0.396 e. The molecule has 2 rings (SSSR count). The normalized spacial score (nSPS) is 11.3. The van der Waals surface area contributed by atoms with E-state index in [1.807, 2.05) is 18.3 Å². The predicted octanol–water partition coefficient (Wildman–Crippen LogP) is 2.20. The highest BCUT2D eigenvalue weighted by Gasteiger charge is 2.07. The Kier molecular flexibility index (Phi) is 1.72. The molecule has 0 amide bonds. The predicted molar refractivity (Wildman–Crippen MR) is 54.5 cm³/mol. The summed E-state index contributed by atoms with van der Waals surface area (Å²) in [6.45, 7) is 4.26. The topological polar surface area (TPSA) is 43.8 Å². The highest BCUT2D eigenvalue weighted by atomic mass is 15.0. The maximum atomic E-state index is 5.83. The van der Waals surface area contributed by atoms with Gasteiger partial charge in [0.1, 0.15) is 5.52 Å². The molecule has 13 heavy (non-hydrogen) atoms. The third-order valence-electron chi connectivity index (χ3n) is 2.17. The summed E-state index contributed by atoms with van der Waals surface area (Å²) in [7, 11) is 0. The van der Waals surface area contributed by atoms with Crippen molar-refractivity contribution in [1.29, 1.82) is 0 Å². The van der Waals surface area contributed by atoms with Gasteiger partial charge in [-0.1, -0.05) is 0 Å². The molecule has 68 valence electrons. The number of aromatic nitrogens is 2. The van der Waals surface area contributed by atoms with E-state index in [9.17, 15) is 0 Å². The van der Waals surface area contributed by atoms with E-state index < -0.39 is 0 Å². The Bertz CT molecular complexity index is 429. The number of rotatable bonds is 1. The van der Waals surface area contributed by atoms with E-state index in [1.165, 1.54) is 0 Å². The van der Waals surface area contributed by atoms with Gasteiger partial charge in [0.05, 0.1) is 11.2 Å². The summed E-state index contributed by atoms with van der Waals surface area (Å²) in [6.07, 6.45) is 3.71. The van der Waals surface area contributed by atoms with Gasteiger partial charge in [-0.05, 0) is 26.0 Å². The molecule has 0 unspecified atom stereocenters. The van der Waals surface area contributed by atoms with Crippen molar-refractivity contribution in [2.45, 2.75) is 19.9 Å². The van der Waals surface area contributed by atoms with Crippen molar-refractivity contribution in [2.24, 2.45) is 0 Å². The summed E-state index contributed by atoms with van der Waals surface area (Å²) < 4.78 is 2.14. The van der Waals surface area contributed by atoms with Gasteiger partial charge < -0.3 is 10.3 Å². The van der Waals surface area contributed by atoms with Crippen molar-refractivity contribution < 1.29 is 0 Å². The first-order valence-corrected chi connectivity index (χ1v) is 4.41. The Hall–Kier alpha value is -1.51. The largest absolute Gasteiger partial charge is 0.396 e. The molecule has 0 aromatic carbocycles. The molecule has 0 saturated heterocycles. The molecular formula is C10H13N3. The molecule has 0 aliphatic carbocycles. The quantitative estimate of drug-likeness (QED) is 0.722. The molecule has 2 N–H and O–H groups in total. The van der Waals surface area contributed by atoms with Crippen LogP contribution in [0.5, 0.6) is 0 Å². The zero-order valence-corrected chi connectivity index (χ0v) is 7.86. The number of hydrogen-bond acceptors (Lipinski definition) is 2. The molecule has 0 atom stereocenters. The summed E-state index contributed by atoms with van der Waals surface area (Å²) in [6, 6.07) is 4.39. The van der Waals surface area contributed by atoms with Gasteiger partial charge in [-0.15, -0.1) is 0 Å². The van der Waals surface area contributed by atoms with E-state index in [2.05, 4.69) is 23.4 Å². The molecular weight excluding hydrogens is 162 g/mol. The summed E-state index contributed by atoms with van der Waals surface area (Å²) in [4.78, 5) is 4.24. The van der Waals surface area contributed by atoms with Crippen molar-refractivity contribution in [3.8, 4) is 0 Å². The number of nitrogens with zero attached hydrogens (tertiary/aromatic N) is 2. The lowest BCUT2D eigenvalue weighted by molar-refractivity contribution is 0.623. The summed E-state index contributed by atoms with van der Waals surface area (Å²) in [5, 5.41) is 0.